The quantitative estimate of drug-likeness (QED) is 0.750. The Morgan fingerprint density at radius 2 is 1.50 bits per heavy atom. The summed E-state index contributed by atoms with van der Waals surface area (Å²) in [5, 5.41) is 2.15. The van der Waals surface area contributed by atoms with Crippen molar-refractivity contribution in [2.24, 2.45) is 11.1 Å². The van der Waals surface area contributed by atoms with Crippen LogP contribution < -0.4 is 11.1 Å². The second-order valence-corrected chi connectivity index (χ2v) is 5.85. The maximum Gasteiger partial charge on any atom is 0.416 e. The van der Waals surface area contributed by atoms with Crippen molar-refractivity contribution in [3.8, 4) is 0 Å². The van der Waals surface area contributed by atoms with E-state index in [1.54, 1.807) is 0 Å². The minimum atomic E-state index is -4.98. The first-order chi connectivity index (χ1) is 11.5. The summed E-state index contributed by atoms with van der Waals surface area (Å²) >= 11 is 0. The van der Waals surface area contributed by atoms with Gasteiger partial charge in [0.15, 0.2) is 0 Å². The van der Waals surface area contributed by atoms with Crippen LogP contribution in [-0.4, -0.2) is 25.7 Å². The third kappa shape index (κ3) is 5.01. The Kier molecular flexibility index (Phi) is 6.94. The lowest BCUT2D eigenvalue weighted by atomic mass is 9.79. The predicted molar refractivity (Wildman–Crippen MR) is 83.9 cm³/mol. The number of nitrogens with two attached hydrogens (primary N) is 1. The monoisotopic (exact) mass is 406 g/mol. The van der Waals surface area contributed by atoms with Crippen molar-refractivity contribution < 1.29 is 35.9 Å². The first-order valence-corrected chi connectivity index (χ1v) is 7.37. The minimum absolute atomic E-state index is 0. The summed E-state index contributed by atoms with van der Waals surface area (Å²) in [5.74, 6) is -0.717. The Labute approximate surface area is 151 Å². The van der Waals surface area contributed by atoms with Gasteiger partial charge in [0.05, 0.1) is 16.5 Å². The molecule has 0 aromatic heterocycles. The SMILES string of the molecule is Cl.NCC1(C(=O)Nc2cc(C(F)(F)F)cc(C(F)(F)F)c2)CCOCC1. The average Bonchev–Trinajstić information content (AvgIpc) is 2.53. The lowest BCUT2D eigenvalue weighted by Crippen LogP contribution is -2.46. The number of hydrogen-bond acceptors (Lipinski definition) is 3. The van der Waals surface area contributed by atoms with Gasteiger partial charge in [-0.15, -0.1) is 12.4 Å². The molecule has 1 fully saturated rings. The summed E-state index contributed by atoms with van der Waals surface area (Å²) in [7, 11) is 0. The molecule has 26 heavy (non-hydrogen) atoms. The molecule has 1 amide bonds. The molecule has 11 heteroatoms. The normalized spacial score (nSPS) is 17.3. The molecule has 0 unspecified atom stereocenters. The Hall–Kier alpha value is -1.52. The van der Waals surface area contributed by atoms with Crippen LogP contribution in [0.3, 0.4) is 0 Å². The van der Waals surface area contributed by atoms with Gasteiger partial charge in [-0.2, -0.15) is 26.3 Å². The van der Waals surface area contributed by atoms with Crippen LogP contribution in [0.4, 0.5) is 32.0 Å². The molecule has 1 saturated heterocycles. The lowest BCUT2D eigenvalue weighted by molar-refractivity contribution is -0.143. The summed E-state index contributed by atoms with van der Waals surface area (Å²) in [6, 6.07) is 0.941. The van der Waals surface area contributed by atoms with E-state index >= 15 is 0 Å². The van der Waals surface area contributed by atoms with Gasteiger partial charge in [0.1, 0.15) is 0 Å². The zero-order valence-corrected chi connectivity index (χ0v) is 14.2. The van der Waals surface area contributed by atoms with E-state index in [0.717, 1.165) is 0 Å². The molecule has 1 aromatic carbocycles. The van der Waals surface area contributed by atoms with Crippen LogP contribution in [0.1, 0.15) is 24.0 Å². The molecule has 0 aliphatic carbocycles. The molecule has 1 aliphatic rings. The number of benzene rings is 1. The van der Waals surface area contributed by atoms with E-state index in [4.69, 9.17) is 10.5 Å². The van der Waals surface area contributed by atoms with E-state index in [1.807, 2.05) is 0 Å². The molecule has 3 N–H and O–H groups in total. The average molecular weight is 407 g/mol. The molecule has 1 aromatic rings. The van der Waals surface area contributed by atoms with E-state index in [1.165, 1.54) is 0 Å². The van der Waals surface area contributed by atoms with Crippen LogP contribution in [-0.2, 0) is 21.9 Å². The van der Waals surface area contributed by atoms with Gasteiger partial charge < -0.3 is 15.8 Å². The number of halogens is 7. The van der Waals surface area contributed by atoms with E-state index < -0.39 is 40.5 Å². The summed E-state index contributed by atoms with van der Waals surface area (Å²) in [5.41, 5.74) is 0.971. The third-order valence-corrected chi connectivity index (χ3v) is 4.17. The highest BCUT2D eigenvalue weighted by atomic mass is 35.5. The molecular formula is C15H17ClF6N2O2. The lowest BCUT2D eigenvalue weighted by Gasteiger charge is -2.34. The van der Waals surface area contributed by atoms with Crippen molar-refractivity contribution in [2.75, 3.05) is 25.1 Å². The van der Waals surface area contributed by atoms with Crippen molar-refractivity contribution in [2.45, 2.75) is 25.2 Å². The molecule has 0 spiro atoms. The molecule has 1 aliphatic heterocycles. The number of rotatable bonds is 3. The molecule has 1 heterocycles. The van der Waals surface area contributed by atoms with Crippen LogP contribution in [0, 0.1) is 5.41 Å². The molecule has 0 saturated carbocycles. The number of amides is 1. The van der Waals surface area contributed by atoms with Crippen LogP contribution >= 0.6 is 12.4 Å². The fourth-order valence-corrected chi connectivity index (χ4v) is 2.58. The third-order valence-electron chi connectivity index (χ3n) is 4.17. The second kappa shape index (κ2) is 8.01. The van der Waals surface area contributed by atoms with E-state index in [0.29, 0.717) is 12.1 Å². The zero-order valence-electron chi connectivity index (χ0n) is 13.3. The largest absolute Gasteiger partial charge is 0.416 e. The number of ether oxygens (including phenoxy) is 1. The Morgan fingerprint density at radius 1 is 1.04 bits per heavy atom. The Bertz CT molecular complexity index is 610. The van der Waals surface area contributed by atoms with Crippen LogP contribution in [0.15, 0.2) is 18.2 Å². The molecular weight excluding hydrogens is 390 g/mol. The highest BCUT2D eigenvalue weighted by molar-refractivity contribution is 5.95. The standard InChI is InChI=1S/C15H16F6N2O2.ClH/c16-14(17,18)9-5-10(15(19,20)21)7-11(6-9)23-12(24)13(8-22)1-3-25-4-2-13;/h5-7H,1-4,8,22H2,(H,23,24);1H. The summed E-state index contributed by atoms with van der Waals surface area (Å²) in [4.78, 5) is 12.4. The molecule has 0 atom stereocenters. The van der Waals surface area contributed by atoms with Gasteiger partial charge in [-0.3, -0.25) is 4.79 Å². The fraction of sp³-hybridized carbons (Fsp3) is 0.533. The molecule has 4 nitrogen and oxygen atoms in total. The Balaban J connectivity index is 0.00000338. The van der Waals surface area contributed by atoms with Crippen molar-refractivity contribution in [1.82, 2.24) is 0 Å². The minimum Gasteiger partial charge on any atom is -0.381 e. The van der Waals surface area contributed by atoms with E-state index in [-0.39, 0.29) is 51.1 Å². The number of alkyl halides is 6. The smallest absolute Gasteiger partial charge is 0.381 e. The number of hydrogen-bond donors (Lipinski definition) is 2. The van der Waals surface area contributed by atoms with Crippen molar-refractivity contribution in [1.29, 1.82) is 0 Å². The van der Waals surface area contributed by atoms with Crippen LogP contribution in [0.25, 0.3) is 0 Å². The summed E-state index contributed by atoms with van der Waals surface area (Å²) < 4.78 is 82.2. The van der Waals surface area contributed by atoms with Crippen molar-refractivity contribution in [3.05, 3.63) is 29.3 Å². The van der Waals surface area contributed by atoms with E-state index in [2.05, 4.69) is 5.32 Å². The second-order valence-electron chi connectivity index (χ2n) is 5.85. The molecule has 0 radical (unpaired) electrons. The molecule has 2 rings (SSSR count). The van der Waals surface area contributed by atoms with Crippen LogP contribution in [0.2, 0.25) is 0 Å². The predicted octanol–water partition coefficient (Wildman–Crippen LogP) is 3.84. The van der Waals surface area contributed by atoms with Crippen LogP contribution in [0.5, 0.6) is 0 Å². The fourth-order valence-electron chi connectivity index (χ4n) is 2.58. The topological polar surface area (TPSA) is 64.4 Å². The van der Waals surface area contributed by atoms with Gasteiger partial charge in [0, 0.05) is 25.4 Å². The highest BCUT2D eigenvalue weighted by Gasteiger charge is 2.40. The van der Waals surface area contributed by atoms with Gasteiger partial charge in [-0.1, -0.05) is 0 Å². The van der Waals surface area contributed by atoms with Gasteiger partial charge in [-0.05, 0) is 31.0 Å². The number of carbonyl (C=O) groups excluding carboxylic acids is 1. The van der Waals surface area contributed by atoms with Gasteiger partial charge in [0.2, 0.25) is 5.91 Å². The number of carbonyl (C=O) groups is 1. The summed E-state index contributed by atoms with van der Waals surface area (Å²) in [6.45, 7) is 0.384. The zero-order chi connectivity index (χ0) is 18.9. The summed E-state index contributed by atoms with van der Waals surface area (Å²) in [6.07, 6.45) is -9.49. The first-order valence-electron chi connectivity index (χ1n) is 7.37. The molecule has 0 bridgehead atoms. The van der Waals surface area contributed by atoms with Gasteiger partial charge in [-0.25, -0.2) is 0 Å². The number of anilines is 1. The number of nitrogens with one attached hydrogen (secondary N) is 1. The first kappa shape index (κ1) is 22.5. The Morgan fingerprint density at radius 3 is 1.88 bits per heavy atom. The van der Waals surface area contributed by atoms with E-state index in [9.17, 15) is 31.1 Å². The molecule has 148 valence electrons. The maximum atomic E-state index is 12.9. The van der Waals surface area contributed by atoms with Crippen molar-refractivity contribution >= 4 is 24.0 Å². The van der Waals surface area contributed by atoms with Crippen molar-refractivity contribution in [3.63, 3.8) is 0 Å². The van der Waals surface area contributed by atoms with Gasteiger partial charge in [0.25, 0.3) is 0 Å². The maximum absolute atomic E-state index is 12.9. The van der Waals surface area contributed by atoms with Gasteiger partial charge >= 0.3 is 12.4 Å². The highest BCUT2D eigenvalue weighted by Crippen LogP contribution is 2.38.